The number of piperazine rings is 1. The molecule has 4 rings (SSSR count). The fraction of sp³-hybridized carbons (Fsp3) is 0.514. The predicted octanol–water partition coefficient (Wildman–Crippen LogP) is 3.75. The smallest absolute Gasteiger partial charge is 0.256 e. The molecular formula is C35H53N11O. The van der Waals surface area contributed by atoms with Gasteiger partial charge in [0.15, 0.2) is 5.84 Å². The SMILES string of the molecule is C=CNc1cnc(N2CCN(CC3CCN(C)CC3)CC2)nc1C(N)=Nc1cc(C(=O)NC(C=C(NC)C(C)(C)C)=NC)ccc1C. The van der Waals surface area contributed by atoms with Crippen LogP contribution in [0.4, 0.5) is 17.3 Å². The largest absolute Gasteiger partial charge is 0.391 e. The van der Waals surface area contributed by atoms with Crippen LogP contribution in [0.15, 0.2) is 58.9 Å². The molecule has 2 aliphatic rings. The van der Waals surface area contributed by atoms with Crippen molar-refractivity contribution in [2.24, 2.45) is 27.1 Å². The number of nitrogens with two attached hydrogens (primary N) is 1. The van der Waals surface area contributed by atoms with Gasteiger partial charge >= 0.3 is 0 Å². The second kappa shape index (κ2) is 16.0. The number of nitrogens with one attached hydrogen (secondary N) is 3. The van der Waals surface area contributed by atoms with Crippen molar-refractivity contribution in [3.8, 4) is 0 Å². The van der Waals surface area contributed by atoms with Gasteiger partial charge in [-0.3, -0.25) is 14.7 Å². The molecule has 0 saturated carbocycles. The highest BCUT2D eigenvalue weighted by Gasteiger charge is 2.25. The molecule has 12 heteroatoms. The Kier molecular flexibility index (Phi) is 12.1. The van der Waals surface area contributed by atoms with Crippen molar-refractivity contribution in [1.29, 1.82) is 0 Å². The van der Waals surface area contributed by atoms with Crippen molar-refractivity contribution in [3.63, 3.8) is 0 Å². The lowest BCUT2D eigenvalue weighted by Gasteiger charge is -2.38. The Labute approximate surface area is 280 Å². The second-order valence-electron chi connectivity index (χ2n) is 13.4. The predicted molar refractivity (Wildman–Crippen MR) is 194 cm³/mol. The number of amides is 1. The molecule has 1 aromatic carbocycles. The molecule has 0 unspecified atom stereocenters. The molecule has 2 aliphatic heterocycles. The van der Waals surface area contributed by atoms with Gasteiger partial charge in [0.25, 0.3) is 5.91 Å². The second-order valence-corrected chi connectivity index (χ2v) is 13.4. The van der Waals surface area contributed by atoms with E-state index in [1.807, 2.05) is 26.1 Å². The van der Waals surface area contributed by atoms with Crippen molar-refractivity contribution in [2.45, 2.75) is 40.5 Å². The molecule has 3 heterocycles. The molecule has 1 aromatic heterocycles. The van der Waals surface area contributed by atoms with E-state index in [-0.39, 0.29) is 17.2 Å². The van der Waals surface area contributed by atoms with Crippen LogP contribution in [0.25, 0.3) is 0 Å². The first-order valence-corrected chi connectivity index (χ1v) is 16.4. The number of anilines is 2. The van der Waals surface area contributed by atoms with Crippen LogP contribution in [0.1, 0.15) is 55.2 Å². The third kappa shape index (κ3) is 9.61. The molecule has 254 valence electrons. The minimum atomic E-state index is -0.297. The Morgan fingerprint density at radius 3 is 2.47 bits per heavy atom. The Balaban J connectivity index is 1.51. The van der Waals surface area contributed by atoms with E-state index in [4.69, 9.17) is 15.7 Å². The van der Waals surface area contributed by atoms with Crippen LogP contribution in [-0.2, 0) is 0 Å². The number of aromatic nitrogens is 2. The summed E-state index contributed by atoms with van der Waals surface area (Å²) in [6.45, 7) is 19.2. The molecule has 0 atom stereocenters. The zero-order valence-electron chi connectivity index (χ0n) is 29.2. The molecule has 5 N–H and O–H groups in total. The summed E-state index contributed by atoms with van der Waals surface area (Å²) in [5.74, 6) is 1.76. The summed E-state index contributed by atoms with van der Waals surface area (Å²) in [7, 11) is 5.71. The summed E-state index contributed by atoms with van der Waals surface area (Å²) in [5, 5.41) is 9.20. The topological polar surface area (TPSA) is 139 Å². The minimum Gasteiger partial charge on any atom is -0.391 e. The quantitative estimate of drug-likeness (QED) is 0.225. The number of hydrogen-bond acceptors (Lipinski definition) is 10. The van der Waals surface area contributed by atoms with Gasteiger partial charge in [0.05, 0.1) is 17.6 Å². The number of piperidine rings is 1. The van der Waals surface area contributed by atoms with Gasteiger partial charge in [-0.15, -0.1) is 0 Å². The van der Waals surface area contributed by atoms with Gasteiger partial charge in [0.1, 0.15) is 11.5 Å². The van der Waals surface area contributed by atoms with Crippen molar-refractivity contribution < 1.29 is 4.79 Å². The highest BCUT2D eigenvalue weighted by molar-refractivity contribution is 6.11. The normalized spacial score (nSPS) is 17.9. The first-order valence-electron chi connectivity index (χ1n) is 16.4. The monoisotopic (exact) mass is 643 g/mol. The highest BCUT2D eigenvalue weighted by atomic mass is 16.1. The van der Waals surface area contributed by atoms with Gasteiger partial charge in [-0.25, -0.2) is 15.0 Å². The highest BCUT2D eigenvalue weighted by Crippen LogP contribution is 2.25. The summed E-state index contributed by atoms with van der Waals surface area (Å²) >= 11 is 0. The number of hydrogen-bond donors (Lipinski definition) is 4. The first kappa shape index (κ1) is 35.6. The minimum absolute atomic E-state index is 0.139. The van der Waals surface area contributed by atoms with Crippen LogP contribution in [0.5, 0.6) is 0 Å². The lowest BCUT2D eigenvalue weighted by atomic mass is 9.91. The van der Waals surface area contributed by atoms with E-state index in [1.165, 1.54) is 25.9 Å². The van der Waals surface area contributed by atoms with E-state index in [9.17, 15) is 4.79 Å². The number of aryl methyl sites for hydroxylation is 1. The summed E-state index contributed by atoms with van der Waals surface area (Å²) in [5.41, 5.74) is 10.4. The van der Waals surface area contributed by atoms with Crippen LogP contribution in [0.3, 0.4) is 0 Å². The van der Waals surface area contributed by atoms with Crippen LogP contribution >= 0.6 is 0 Å². The number of benzene rings is 1. The molecule has 0 spiro atoms. The van der Waals surface area contributed by atoms with Gasteiger partial charge in [0, 0.05) is 63.5 Å². The first-order chi connectivity index (χ1) is 22.4. The van der Waals surface area contributed by atoms with E-state index in [1.54, 1.807) is 31.6 Å². The number of likely N-dealkylation sites (tertiary alicyclic amines) is 1. The number of carbonyl (C=O) groups is 1. The van der Waals surface area contributed by atoms with Gasteiger partial charge in [-0.1, -0.05) is 33.4 Å². The number of rotatable bonds is 10. The lowest BCUT2D eigenvalue weighted by Crippen LogP contribution is -2.49. The molecule has 12 nitrogen and oxygen atoms in total. The molecule has 2 fully saturated rings. The van der Waals surface area contributed by atoms with Crippen LogP contribution < -0.4 is 26.6 Å². The van der Waals surface area contributed by atoms with Crippen LogP contribution in [0, 0.1) is 18.3 Å². The summed E-state index contributed by atoms with van der Waals surface area (Å²) in [6, 6.07) is 5.34. The maximum Gasteiger partial charge on any atom is 0.256 e. The van der Waals surface area contributed by atoms with E-state index in [0.29, 0.717) is 34.4 Å². The average Bonchev–Trinajstić information content (AvgIpc) is 3.05. The Bertz CT molecular complexity index is 1490. The fourth-order valence-electron chi connectivity index (χ4n) is 5.88. The Morgan fingerprint density at radius 1 is 1.15 bits per heavy atom. The van der Waals surface area contributed by atoms with Crippen molar-refractivity contribution in [2.75, 3.05) is 77.2 Å². The van der Waals surface area contributed by atoms with Gasteiger partial charge < -0.3 is 31.5 Å². The van der Waals surface area contributed by atoms with E-state index >= 15 is 0 Å². The maximum atomic E-state index is 13.3. The maximum absolute atomic E-state index is 13.3. The van der Waals surface area contributed by atoms with E-state index in [2.05, 4.69) is 75.0 Å². The summed E-state index contributed by atoms with van der Waals surface area (Å²) in [6.07, 6.45) is 7.67. The number of aliphatic imine (C=N–C) groups is 2. The standard InChI is InChI=1S/C35H53N11O/c1-9-39-28-22-40-34(46-18-16-45(17-19-46)23-25-12-14-44(8)15-13-25)43-31(28)32(36)41-27-20-26(11-10-24(27)2)33(47)42-30(38-7)21-29(37-6)35(3,4)5/h9-11,20-22,25,37,39H,1,12-19,23H2,2-8H3,(H2,36,41)(H,38,42,47). The Hall–Kier alpha value is -4.29. The third-order valence-electron chi connectivity index (χ3n) is 8.84. The van der Waals surface area contributed by atoms with Gasteiger partial charge in [-0.2, -0.15) is 0 Å². The summed E-state index contributed by atoms with van der Waals surface area (Å²) in [4.78, 5) is 39.0. The average molecular weight is 644 g/mol. The molecule has 0 radical (unpaired) electrons. The number of nitrogens with zero attached hydrogens (tertiary/aromatic N) is 7. The van der Waals surface area contributed by atoms with E-state index < -0.39 is 0 Å². The third-order valence-corrected chi connectivity index (χ3v) is 8.84. The Morgan fingerprint density at radius 2 is 1.85 bits per heavy atom. The molecule has 0 bridgehead atoms. The number of allylic oxidation sites excluding steroid dienone is 1. The number of amidine groups is 2. The molecule has 0 aliphatic carbocycles. The molecular weight excluding hydrogens is 590 g/mol. The molecule has 2 saturated heterocycles. The molecule has 1 amide bonds. The zero-order chi connectivity index (χ0) is 34.1. The van der Waals surface area contributed by atoms with Gasteiger partial charge in [-0.05, 0) is 75.8 Å². The fourth-order valence-corrected chi connectivity index (χ4v) is 5.88. The van der Waals surface area contributed by atoms with E-state index in [0.717, 1.165) is 49.9 Å². The van der Waals surface area contributed by atoms with Gasteiger partial charge in [0.2, 0.25) is 5.95 Å². The zero-order valence-corrected chi connectivity index (χ0v) is 29.2. The van der Waals surface area contributed by atoms with Crippen LogP contribution in [-0.4, -0.2) is 104 Å². The van der Waals surface area contributed by atoms with Crippen molar-refractivity contribution in [1.82, 2.24) is 30.4 Å². The molecule has 47 heavy (non-hydrogen) atoms. The van der Waals surface area contributed by atoms with Crippen LogP contribution in [0.2, 0.25) is 0 Å². The molecule has 2 aromatic rings. The number of carbonyl (C=O) groups excluding carboxylic acids is 1. The van der Waals surface area contributed by atoms with Crippen molar-refractivity contribution in [3.05, 3.63) is 65.8 Å². The summed E-state index contributed by atoms with van der Waals surface area (Å²) < 4.78 is 0. The van der Waals surface area contributed by atoms with Crippen molar-refractivity contribution >= 4 is 34.9 Å². The lowest BCUT2D eigenvalue weighted by molar-refractivity contribution is 0.0977.